The lowest BCUT2D eigenvalue weighted by Gasteiger charge is -2.30. The molecule has 0 unspecified atom stereocenters. The van der Waals surface area contributed by atoms with Crippen LogP contribution in [0.15, 0.2) is 60.8 Å². The highest BCUT2D eigenvalue weighted by Gasteiger charge is 2.22. The van der Waals surface area contributed by atoms with Crippen LogP contribution in [0.5, 0.6) is 5.75 Å². The number of aromatic nitrogens is 4. The van der Waals surface area contributed by atoms with Crippen LogP contribution in [0.4, 0.5) is 5.69 Å². The normalized spacial score (nSPS) is 13.7. The summed E-state index contributed by atoms with van der Waals surface area (Å²) in [6, 6.07) is 17.7. The number of pyridine rings is 1. The molecule has 1 aliphatic heterocycles. The van der Waals surface area contributed by atoms with Gasteiger partial charge in [-0.3, -0.25) is 4.98 Å². The Hall–Kier alpha value is -3.41. The second kappa shape index (κ2) is 6.39. The molecule has 0 amide bonds. The van der Waals surface area contributed by atoms with E-state index in [-0.39, 0.29) is 5.75 Å². The van der Waals surface area contributed by atoms with Gasteiger partial charge in [-0.25, -0.2) is 0 Å². The minimum atomic E-state index is 0.232. The lowest BCUT2D eigenvalue weighted by atomic mass is 10.1. The average Bonchev–Trinajstić information content (AvgIpc) is 3.10. The van der Waals surface area contributed by atoms with E-state index in [2.05, 4.69) is 48.9 Å². The number of phenols is 1. The zero-order valence-corrected chi connectivity index (χ0v) is 14.8. The van der Waals surface area contributed by atoms with Crippen LogP contribution in [0.25, 0.3) is 10.9 Å². The third-order valence-corrected chi connectivity index (χ3v) is 5.08. The fourth-order valence-electron chi connectivity index (χ4n) is 3.73. The molecule has 0 radical (unpaired) electrons. The van der Waals surface area contributed by atoms with Crippen LogP contribution in [0.2, 0.25) is 0 Å². The SMILES string of the molecule is Oc1ccc2c(N3CCn4c(Cc5ccccc5)nnc4C3)ccnc2c1. The maximum Gasteiger partial charge on any atom is 0.152 e. The number of hydrogen-bond acceptors (Lipinski definition) is 5. The number of fused-ring (bicyclic) bond motifs is 2. The molecule has 2 aromatic heterocycles. The molecular weight excluding hydrogens is 338 g/mol. The van der Waals surface area contributed by atoms with Crippen molar-refractivity contribution in [3.63, 3.8) is 0 Å². The van der Waals surface area contributed by atoms with Crippen molar-refractivity contribution in [3.8, 4) is 5.75 Å². The number of aromatic hydroxyl groups is 1. The summed E-state index contributed by atoms with van der Waals surface area (Å²) in [5.74, 6) is 2.23. The van der Waals surface area contributed by atoms with Crippen molar-refractivity contribution in [2.75, 3.05) is 11.4 Å². The van der Waals surface area contributed by atoms with Crippen molar-refractivity contribution < 1.29 is 5.11 Å². The van der Waals surface area contributed by atoms with E-state index in [1.54, 1.807) is 18.3 Å². The van der Waals surface area contributed by atoms with Crippen molar-refractivity contribution in [2.45, 2.75) is 19.5 Å². The molecule has 0 saturated heterocycles. The Bertz CT molecular complexity index is 1110. The summed E-state index contributed by atoms with van der Waals surface area (Å²) >= 11 is 0. The molecule has 0 saturated carbocycles. The lowest BCUT2D eigenvalue weighted by Crippen LogP contribution is -2.34. The molecule has 1 aliphatic rings. The van der Waals surface area contributed by atoms with E-state index in [0.29, 0.717) is 6.54 Å². The molecule has 134 valence electrons. The zero-order valence-electron chi connectivity index (χ0n) is 14.8. The van der Waals surface area contributed by atoms with Crippen LogP contribution in [-0.4, -0.2) is 31.4 Å². The Morgan fingerprint density at radius 1 is 0.963 bits per heavy atom. The van der Waals surface area contributed by atoms with E-state index >= 15 is 0 Å². The van der Waals surface area contributed by atoms with Gasteiger partial charge in [-0.1, -0.05) is 30.3 Å². The molecule has 27 heavy (non-hydrogen) atoms. The van der Waals surface area contributed by atoms with Crippen LogP contribution in [0, 0.1) is 0 Å². The second-order valence-corrected chi connectivity index (χ2v) is 6.80. The van der Waals surface area contributed by atoms with Crippen LogP contribution >= 0.6 is 0 Å². The molecule has 0 bridgehead atoms. The maximum absolute atomic E-state index is 9.71. The Balaban J connectivity index is 1.44. The summed E-state index contributed by atoms with van der Waals surface area (Å²) in [5, 5.41) is 19.6. The Morgan fingerprint density at radius 2 is 1.85 bits per heavy atom. The predicted octanol–water partition coefficient (Wildman–Crippen LogP) is 3.14. The summed E-state index contributed by atoms with van der Waals surface area (Å²) in [5.41, 5.74) is 3.15. The highest BCUT2D eigenvalue weighted by atomic mass is 16.3. The average molecular weight is 357 g/mol. The molecule has 4 aromatic rings. The maximum atomic E-state index is 9.71. The van der Waals surface area contributed by atoms with E-state index in [0.717, 1.165) is 47.7 Å². The highest BCUT2D eigenvalue weighted by Crippen LogP contribution is 2.30. The molecule has 6 nitrogen and oxygen atoms in total. The van der Waals surface area contributed by atoms with Crippen LogP contribution in [0.1, 0.15) is 17.2 Å². The van der Waals surface area contributed by atoms with Crippen molar-refractivity contribution in [1.29, 1.82) is 0 Å². The first-order valence-corrected chi connectivity index (χ1v) is 9.05. The second-order valence-electron chi connectivity index (χ2n) is 6.80. The molecular formula is C21H19N5O. The van der Waals surface area contributed by atoms with Gasteiger partial charge in [0, 0.05) is 42.8 Å². The van der Waals surface area contributed by atoms with Crippen molar-refractivity contribution >= 4 is 16.6 Å². The largest absolute Gasteiger partial charge is 0.508 e. The Kier molecular flexibility index (Phi) is 3.74. The predicted molar refractivity (Wildman–Crippen MR) is 104 cm³/mol. The molecule has 5 rings (SSSR count). The number of benzene rings is 2. The summed E-state index contributed by atoms with van der Waals surface area (Å²) < 4.78 is 2.23. The van der Waals surface area contributed by atoms with Gasteiger partial charge in [-0.05, 0) is 23.8 Å². The topological polar surface area (TPSA) is 67.1 Å². The summed E-state index contributed by atoms with van der Waals surface area (Å²) in [6.07, 6.45) is 2.59. The molecule has 0 aliphatic carbocycles. The van der Waals surface area contributed by atoms with Gasteiger partial charge in [0.25, 0.3) is 0 Å². The summed E-state index contributed by atoms with van der Waals surface area (Å²) in [6.45, 7) is 2.45. The quantitative estimate of drug-likeness (QED) is 0.610. The van der Waals surface area contributed by atoms with Gasteiger partial charge in [-0.2, -0.15) is 0 Å². The fourth-order valence-corrected chi connectivity index (χ4v) is 3.73. The van der Waals surface area contributed by atoms with E-state index < -0.39 is 0 Å². The number of hydrogen-bond donors (Lipinski definition) is 1. The third-order valence-electron chi connectivity index (χ3n) is 5.08. The van der Waals surface area contributed by atoms with Crippen LogP contribution < -0.4 is 4.90 Å². The minimum Gasteiger partial charge on any atom is -0.508 e. The smallest absolute Gasteiger partial charge is 0.152 e. The molecule has 1 N–H and O–H groups in total. The Morgan fingerprint density at radius 3 is 2.74 bits per heavy atom. The fraction of sp³-hybridized carbons (Fsp3) is 0.190. The number of phenolic OH excluding ortho intramolecular Hbond substituents is 1. The monoisotopic (exact) mass is 357 g/mol. The van der Waals surface area contributed by atoms with Crippen molar-refractivity contribution in [2.24, 2.45) is 0 Å². The first-order valence-electron chi connectivity index (χ1n) is 9.05. The van der Waals surface area contributed by atoms with Gasteiger partial charge in [-0.15, -0.1) is 10.2 Å². The van der Waals surface area contributed by atoms with Gasteiger partial charge in [0.15, 0.2) is 5.82 Å². The van der Waals surface area contributed by atoms with Gasteiger partial charge in [0.1, 0.15) is 11.6 Å². The molecule has 0 fully saturated rings. The van der Waals surface area contributed by atoms with Crippen molar-refractivity contribution in [1.82, 2.24) is 19.7 Å². The van der Waals surface area contributed by atoms with E-state index in [9.17, 15) is 5.11 Å². The zero-order chi connectivity index (χ0) is 18.2. The highest BCUT2D eigenvalue weighted by molar-refractivity contribution is 5.92. The summed E-state index contributed by atoms with van der Waals surface area (Å²) in [7, 11) is 0. The third kappa shape index (κ3) is 2.89. The molecule has 2 aromatic carbocycles. The first kappa shape index (κ1) is 15.8. The van der Waals surface area contributed by atoms with E-state index in [1.807, 2.05) is 18.2 Å². The van der Waals surface area contributed by atoms with E-state index in [1.165, 1.54) is 5.56 Å². The number of nitrogens with zero attached hydrogens (tertiary/aromatic N) is 5. The molecule has 3 heterocycles. The minimum absolute atomic E-state index is 0.232. The van der Waals surface area contributed by atoms with Gasteiger partial charge in [0.05, 0.1) is 12.1 Å². The van der Waals surface area contributed by atoms with Gasteiger partial charge in [0.2, 0.25) is 0 Å². The first-order chi connectivity index (χ1) is 13.3. The molecule has 0 spiro atoms. The number of rotatable bonds is 3. The van der Waals surface area contributed by atoms with Crippen molar-refractivity contribution in [3.05, 3.63) is 78.0 Å². The molecule has 0 atom stereocenters. The Labute approximate surface area is 156 Å². The van der Waals surface area contributed by atoms with Gasteiger partial charge < -0.3 is 14.6 Å². The van der Waals surface area contributed by atoms with Crippen LogP contribution in [-0.2, 0) is 19.5 Å². The standard InChI is InChI=1S/C21H19N5O/c27-16-6-7-17-18(13-16)22-9-8-19(17)25-10-11-26-20(23-24-21(26)14-25)12-15-4-2-1-3-5-15/h1-9,13,27H,10-12,14H2. The van der Waals surface area contributed by atoms with E-state index in [4.69, 9.17) is 0 Å². The lowest BCUT2D eigenvalue weighted by molar-refractivity contribution is 0.476. The number of anilines is 1. The van der Waals surface area contributed by atoms with Gasteiger partial charge >= 0.3 is 0 Å². The van der Waals surface area contributed by atoms with Crippen LogP contribution in [0.3, 0.4) is 0 Å². The summed E-state index contributed by atoms with van der Waals surface area (Å²) in [4.78, 5) is 6.68. The molecule has 6 heteroatoms.